The Bertz CT molecular complexity index is 570. The van der Waals surface area contributed by atoms with Crippen LogP contribution in [0.25, 0.3) is 0 Å². The highest BCUT2D eigenvalue weighted by Crippen LogP contribution is 2.30. The van der Waals surface area contributed by atoms with Crippen LogP contribution in [0.4, 0.5) is 4.39 Å². The van der Waals surface area contributed by atoms with Crippen molar-refractivity contribution in [2.24, 2.45) is 11.7 Å². The summed E-state index contributed by atoms with van der Waals surface area (Å²) in [6.45, 7) is 3.74. The van der Waals surface area contributed by atoms with Gasteiger partial charge in [0.2, 0.25) is 0 Å². The number of carbonyl (C=O) groups excluding carboxylic acids is 1. The van der Waals surface area contributed by atoms with E-state index < -0.39 is 5.82 Å². The molecule has 1 aromatic carbocycles. The first-order valence-electron chi connectivity index (χ1n) is 7.43. The molecule has 0 bridgehead atoms. The summed E-state index contributed by atoms with van der Waals surface area (Å²) < 4.78 is 13.4. The van der Waals surface area contributed by atoms with Gasteiger partial charge in [0, 0.05) is 18.7 Å². The lowest BCUT2D eigenvalue weighted by Crippen LogP contribution is -2.34. The SMILES string of the molecule is CCCN(CC1CC1)C(=O)c1ccc(F)cc1C#CCN. The van der Waals surface area contributed by atoms with E-state index in [1.54, 1.807) is 0 Å². The van der Waals surface area contributed by atoms with Gasteiger partial charge in [-0.3, -0.25) is 4.79 Å². The first kappa shape index (κ1) is 15.5. The summed E-state index contributed by atoms with van der Waals surface area (Å²) in [6.07, 6.45) is 3.29. The molecular formula is C17H21FN2O. The number of benzene rings is 1. The minimum Gasteiger partial charge on any atom is -0.338 e. The molecule has 0 radical (unpaired) electrons. The first-order chi connectivity index (χ1) is 10.2. The summed E-state index contributed by atoms with van der Waals surface area (Å²) >= 11 is 0. The lowest BCUT2D eigenvalue weighted by molar-refractivity contribution is 0.0747. The van der Waals surface area contributed by atoms with Crippen LogP contribution in [0.3, 0.4) is 0 Å². The van der Waals surface area contributed by atoms with Crippen molar-refractivity contribution in [1.29, 1.82) is 0 Å². The molecule has 3 nitrogen and oxygen atoms in total. The maximum atomic E-state index is 13.4. The van der Waals surface area contributed by atoms with Gasteiger partial charge in [0.05, 0.1) is 12.1 Å². The van der Waals surface area contributed by atoms with Crippen molar-refractivity contribution in [3.63, 3.8) is 0 Å². The molecule has 1 aliphatic carbocycles. The largest absolute Gasteiger partial charge is 0.338 e. The van der Waals surface area contributed by atoms with Gasteiger partial charge in [-0.2, -0.15) is 0 Å². The normalized spacial score (nSPS) is 13.5. The molecule has 0 aromatic heterocycles. The van der Waals surface area contributed by atoms with E-state index in [-0.39, 0.29) is 12.5 Å². The number of hydrogen-bond donors (Lipinski definition) is 1. The van der Waals surface area contributed by atoms with Crippen molar-refractivity contribution in [1.82, 2.24) is 4.90 Å². The van der Waals surface area contributed by atoms with Crippen LogP contribution in [0, 0.1) is 23.6 Å². The Morgan fingerprint density at radius 1 is 1.48 bits per heavy atom. The van der Waals surface area contributed by atoms with Gasteiger partial charge in [-0.1, -0.05) is 18.8 Å². The van der Waals surface area contributed by atoms with E-state index >= 15 is 0 Å². The van der Waals surface area contributed by atoms with E-state index in [1.807, 2.05) is 11.8 Å². The number of nitrogens with two attached hydrogens (primary N) is 1. The summed E-state index contributed by atoms with van der Waals surface area (Å²) in [5.74, 6) is 5.66. The second-order valence-electron chi connectivity index (χ2n) is 5.39. The maximum Gasteiger partial charge on any atom is 0.255 e. The number of amides is 1. The first-order valence-corrected chi connectivity index (χ1v) is 7.43. The molecule has 21 heavy (non-hydrogen) atoms. The Kier molecular flexibility index (Phi) is 5.35. The van der Waals surface area contributed by atoms with Gasteiger partial charge in [-0.05, 0) is 43.4 Å². The zero-order chi connectivity index (χ0) is 15.2. The van der Waals surface area contributed by atoms with Crippen LogP contribution < -0.4 is 5.73 Å². The highest BCUT2D eigenvalue weighted by Gasteiger charge is 2.27. The smallest absolute Gasteiger partial charge is 0.255 e. The molecule has 1 aliphatic rings. The highest BCUT2D eigenvalue weighted by molar-refractivity contribution is 5.96. The van der Waals surface area contributed by atoms with Crippen molar-refractivity contribution < 1.29 is 9.18 Å². The second-order valence-corrected chi connectivity index (χ2v) is 5.39. The van der Waals surface area contributed by atoms with E-state index in [1.165, 1.54) is 31.0 Å². The molecule has 0 unspecified atom stereocenters. The molecular weight excluding hydrogens is 267 g/mol. The van der Waals surface area contributed by atoms with Crippen LogP contribution >= 0.6 is 0 Å². The summed E-state index contributed by atoms with van der Waals surface area (Å²) in [7, 11) is 0. The van der Waals surface area contributed by atoms with Crippen LogP contribution in [-0.2, 0) is 0 Å². The van der Waals surface area contributed by atoms with E-state index in [2.05, 4.69) is 11.8 Å². The van der Waals surface area contributed by atoms with E-state index in [9.17, 15) is 9.18 Å². The van der Waals surface area contributed by atoms with Crippen molar-refractivity contribution in [2.75, 3.05) is 19.6 Å². The number of hydrogen-bond acceptors (Lipinski definition) is 2. The van der Waals surface area contributed by atoms with Crippen molar-refractivity contribution in [3.05, 3.63) is 35.1 Å². The van der Waals surface area contributed by atoms with Gasteiger partial charge in [0.25, 0.3) is 5.91 Å². The minimum absolute atomic E-state index is 0.0647. The number of nitrogens with zero attached hydrogens (tertiary/aromatic N) is 1. The molecule has 0 spiro atoms. The molecule has 112 valence electrons. The molecule has 1 fully saturated rings. The van der Waals surface area contributed by atoms with Crippen molar-refractivity contribution >= 4 is 5.91 Å². The van der Waals surface area contributed by atoms with Crippen LogP contribution in [0.2, 0.25) is 0 Å². The molecule has 2 rings (SSSR count). The molecule has 1 saturated carbocycles. The molecule has 2 N–H and O–H groups in total. The summed E-state index contributed by atoms with van der Waals surface area (Å²) in [4.78, 5) is 14.6. The van der Waals surface area contributed by atoms with Crippen LogP contribution in [0.1, 0.15) is 42.1 Å². The predicted octanol–water partition coefficient (Wildman–Crippen LogP) is 2.40. The fraction of sp³-hybridized carbons (Fsp3) is 0.471. The van der Waals surface area contributed by atoms with E-state index in [4.69, 9.17) is 5.73 Å². The monoisotopic (exact) mass is 288 g/mol. The number of carbonyl (C=O) groups is 1. The zero-order valence-electron chi connectivity index (χ0n) is 12.4. The Labute approximate surface area is 125 Å². The topological polar surface area (TPSA) is 46.3 Å². The molecule has 1 aromatic rings. The van der Waals surface area contributed by atoms with Gasteiger partial charge in [-0.15, -0.1) is 0 Å². The van der Waals surface area contributed by atoms with Gasteiger partial charge < -0.3 is 10.6 Å². The Balaban J connectivity index is 2.26. The molecule has 0 aliphatic heterocycles. The molecule has 1 amide bonds. The van der Waals surface area contributed by atoms with Crippen molar-refractivity contribution in [2.45, 2.75) is 26.2 Å². The van der Waals surface area contributed by atoms with Crippen LogP contribution in [0.15, 0.2) is 18.2 Å². The maximum absolute atomic E-state index is 13.4. The van der Waals surface area contributed by atoms with E-state index in [0.717, 1.165) is 19.5 Å². The highest BCUT2D eigenvalue weighted by atomic mass is 19.1. The van der Waals surface area contributed by atoms with Gasteiger partial charge in [0.15, 0.2) is 0 Å². The minimum atomic E-state index is -0.392. The Hall–Kier alpha value is -1.86. The van der Waals surface area contributed by atoms with Gasteiger partial charge >= 0.3 is 0 Å². The van der Waals surface area contributed by atoms with Gasteiger partial charge in [0.1, 0.15) is 5.82 Å². The fourth-order valence-electron chi connectivity index (χ4n) is 2.28. The predicted molar refractivity (Wildman–Crippen MR) is 81.3 cm³/mol. The third kappa shape index (κ3) is 4.30. The fourth-order valence-corrected chi connectivity index (χ4v) is 2.28. The summed E-state index contributed by atoms with van der Waals surface area (Å²) in [6, 6.07) is 4.13. The summed E-state index contributed by atoms with van der Waals surface area (Å²) in [5.41, 5.74) is 6.24. The molecule has 4 heteroatoms. The summed E-state index contributed by atoms with van der Waals surface area (Å²) in [5, 5.41) is 0. The second kappa shape index (κ2) is 7.24. The van der Waals surface area contributed by atoms with Crippen LogP contribution in [0.5, 0.6) is 0 Å². The lowest BCUT2D eigenvalue weighted by Gasteiger charge is -2.22. The average Bonchev–Trinajstić information content (AvgIpc) is 3.28. The van der Waals surface area contributed by atoms with E-state index in [0.29, 0.717) is 17.0 Å². The van der Waals surface area contributed by atoms with Crippen molar-refractivity contribution in [3.8, 4) is 11.8 Å². The number of halogens is 1. The molecule has 0 saturated heterocycles. The zero-order valence-corrected chi connectivity index (χ0v) is 12.4. The quantitative estimate of drug-likeness (QED) is 0.846. The number of rotatable bonds is 5. The molecule has 0 heterocycles. The third-order valence-electron chi connectivity index (χ3n) is 3.49. The lowest BCUT2D eigenvalue weighted by atomic mass is 10.1. The molecule has 0 atom stereocenters. The van der Waals surface area contributed by atoms with Gasteiger partial charge in [-0.25, -0.2) is 4.39 Å². The average molecular weight is 288 g/mol. The Morgan fingerprint density at radius 2 is 2.24 bits per heavy atom. The third-order valence-corrected chi connectivity index (χ3v) is 3.49. The van der Waals surface area contributed by atoms with Crippen LogP contribution in [-0.4, -0.2) is 30.4 Å². The Morgan fingerprint density at radius 3 is 2.86 bits per heavy atom. The standard InChI is InChI=1S/C17H21FN2O/c1-2-10-20(12-13-5-6-13)17(21)16-8-7-15(18)11-14(16)4-3-9-19/h7-8,11,13H,2,5-6,9-10,12,19H2,1H3.